The minimum atomic E-state index is 0.843. The van der Waals surface area contributed by atoms with Gasteiger partial charge in [-0.25, -0.2) is 0 Å². The van der Waals surface area contributed by atoms with Crippen molar-refractivity contribution in [2.24, 2.45) is 0 Å². The highest BCUT2D eigenvalue weighted by atomic mass is 14.6. The van der Waals surface area contributed by atoms with Gasteiger partial charge in [-0.3, -0.25) is 0 Å². The monoisotopic (exact) mass is 233 g/mol. The fourth-order valence-electron chi connectivity index (χ4n) is 2.44. The van der Waals surface area contributed by atoms with Crippen LogP contribution in [0.25, 0.3) is 21.9 Å². The van der Waals surface area contributed by atoms with Gasteiger partial charge in [0.15, 0.2) is 0 Å². The summed E-state index contributed by atoms with van der Waals surface area (Å²) in [6, 6.07) is 20.8. The van der Waals surface area contributed by atoms with Gasteiger partial charge in [0.25, 0.3) is 0 Å². The van der Waals surface area contributed by atoms with E-state index in [1.165, 1.54) is 22.1 Å². The van der Waals surface area contributed by atoms with Gasteiger partial charge < -0.3 is 5.73 Å². The molecule has 0 amide bonds. The average Bonchev–Trinajstić information content (AvgIpc) is 2.43. The Morgan fingerprint density at radius 3 is 2.33 bits per heavy atom. The normalized spacial score (nSPS) is 10.7. The molecule has 0 atom stereocenters. The molecule has 0 heterocycles. The number of hydrogen-bond donors (Lipinski definition) is 1. The molecular weight excluding hydrogens is 218 g/mol. The molecule has 0 radical (unpaired) electrons. The molecule has 0 aliphatic heterocycles. The molecule has 2 N–H and O–H groups in total. The van der Waals surface area contributed by atoms with Crippen molar-refractivity contribution in [2.45, 2.75) is 6.92 Å². The first-order valence-electron chi connectivity index (χ1n) is 6.10. The third-order valence-electron chi connectivity index (χ3n) is 3.38. The average molecular weight is 233 g/mol. The molecule has 3 aromatic rings. The summed E-state index contributed by atoms with van der Waals surface area (Å²) >= 11 is 0. The molecule has 0 bridgehead atoms. The van der Waals surface area contributed by atoms with E-state index in [9.17, 15) is 0 Å². The zero-order chi connectivity index (χ0) is 12.5. The number of aryl methyl sites for hydroxylation is 1. The van der Waals surface area contributed by atoms with Crippen molar-refractivity contribution >= 4 is 16.5 Å². The van der Waals surface area contributed by atoms with E-state index in [1.54, 1.807) is 0 Å². The van der Waals surface area contributed by atoms with Crippen LogP contribution >= 0.6 is 0 Å². The molecule has 0 unspecified atom stereocenters. The highest BCUT2D eigenvalue weighted by Crippen LogP contribution is 2.33. The maximum atomic E-state index is 6.16. The van der Waals surface area contributed by atoms with E-state index >= 15 is 0 Å². The number of rotatable bonds is 1. The van der Waals surface area contributed by atoms with Crippen molar-refractivity contribution in [3.05, 3.63) is 66.2 Å². The summed E-state index contributed by atoms with van der Waals surface area (Å²) in [5.74, 6) is 0. The fourth-order valence-corrected chi connectivity index (χ4v) is 2.44. The molecule has 0 spiro atoms. The second-order valence-electron chi connectivity index (χ2n) is 4.57. The molecule has 0 aliphatic rings. The van der Waals surface area contributed by atoms with Crippen LogP contribution in [0.4, 0.5) is 5.69 Å². The molecule has 3 rings (SSSR count). The summed E-state index contributed by atoms with van der Waals surface area (Å²) in [6.45, 7) is 2.12. The van der Waals surface area contributed by atoms with Crippen LogP contribution < -0.4 is 5.73 Å². The van der Waals surface area contributed by atoms with E-state index in [0.29, 0.717) is 0 Å². The summed E-state index contributed by atoms with van der Waals surface area (Å²) in [5.41, 5.74) is 10.7. The lowest BCUT2D eigenvalue weighted by atomic mass is 9.95. The van der Waals surface area contributed by atoms with Gasteiger partial charge in [-0.05, 0) is 35.1 Å². The maximum Gasteiger partial charge on any atom is 0.0400 e. The van der Waals surface area contributed by atoms with Crippen molar-refractivity contribution in [3.8, 4) is 11.1 Å². The van der Waals surface area contributed by atoms with Crippen LogP contribution in [0.1, 0.15) is 5.56 Å². The van der Waals surface area contributed by atoms with Gasteiger partial charge in [0.2, 0.25) is 0 Å². The Bertz CT molecular complexity index is 699. The Kier molecular flexibility index (Phi) is 2.52. The summed E-state index contributed by atoms with van der Waals surface area (Å²) in [5, 5.41) is 2.39. The molecule has 1 nitrogen and oxygen atoms in total. The number of benzene rings is 3. The number of fused-ring (bicyclic) bond motifs is 1. The van der Waals surface area contributed by atoms with Crippen molar-refractivity contribution in [1.82, 2.24) is 0 Å². The smallest absolute Gasteiger partial charge is 0.0400 e. The highest BCUT2D eigenvalue weighted by molar-refractivity contribution is 6.05. The second kappa shape index (κ2) is 4.19. The van der Waals surface area contributed by atoms with Crippen LogP contribution in [0.3, 0.4) is 0 Å². The second-order valence-corrected chi connectivity index (χ2v) is 4.57. The first-order valence-corrected chi connectivity index (χ1v) is 6.10. The van der Waals surface area contributed by atoms with Gasteiger partial charge >= 0.3 is 0 Å². The minimum Gasteiger partial charge on any atom is -0.398 e. The van der Waals surface area contributed by atoms with E-state index in [0.717, 1.165) is 11.1 Å². The van der Waals surface area contributed by atoms with E-state index in [4.69, 9.17) is 5.73 Å². The largest absolute Gasteiger partial charge is 0.398 e. The molecule has 3 aromatic carbocycles. The van der Waals surface area contributed by atoms with Crippen molar-refractivity contribution in [2.75, 3.05) is 5.73 Å². The number of nitrogens with two attached hydrogens (primary N) is 1. The summed E-state index contributed by atoms with van der Waals surface area (Å²) in [4.78, 5) is 0. The van der Waals surface area contributed by atoms with Gasteiger partial charge in [-0.2, -0.15) is 0 Å². The fraction of sp³-hybridized carbons (Fsp3) is 0.0588. The lowest BCUT2D eigenvalue weighted by molar-refractivity contribution is 1.53. The van der Waals surface area contributed by atoms with E-state index in [2.05, 4.69) is 55.5 Å². The molecule has 88 valence electrons. The molecule has 0 aliphatic carbocycles. The van der Waals surface area contributed by atoms with Crippen LogP contribution in [0.5, 0.6) is 0 Å². The SMILES string of the molecule is Cc1ccc(N)c2c(-c3ccccc3)cccc12. The summed E-state index contributed by atoms with van der Waals surface area (Å²) in [6.07, 6.45) is 0. The minimum absolute atomic E-state index is 0.843. The maximum absolute atomic E-state index is 6.16. The summed E-state index contributed by atoms with van der Waals surface area (Å²) in [7, 11) is 0. The standard InChI is InChI=1S/C17H15N/c1-12-10-11-16(18)17-14(12)8-5-9-15(17)13-6-3-2-4-7-13/h2-11H,18H2,1H3. The number of hydrogen-bond acceptors (Lipinski definition) is 1. The Balaban J connectivity index is 2.41. The Morgan fingerprint density at radius 1 is 0.778 bits per heavy atom. The van der Waals surface area contributed by atoms with Gasteiger partial charge in [0.1, 0.15) is 0 Å². The molecule has 0 fully saturated rings. The van der Waals surface area contributed by atoms with Crippen LogP contribution in [0.15, 0.2) is 60.7 Å². The third-order valence-corrected chi connectivity index (χ3v) is 3.38. The van der Waals surface area contributed by atoms with Crippen LogP contribution in [0, 0.1) is 6.92 Å². The van der Waals surface area contributed by atoms with Gasteiger partial charge in [0.05, 0.1) is 0 Å². The van der Waals surface area contributed by atoms with E-state index in [1.807, 2.05) is 12.1 Å². The van der Waals surface area contributed by atoms with Gasteiger partial charge in [-0.1, -0.05) is 54.6 Å². The Hall–Kier alpha value is -2.28. The van der Waals surface area contributed by atoms with Crippen LogP contribution in [0.2, 0.25) is 0 Å². The lowest BCUT2D eigenvalue weighted by Gasteiger charge is -2.11. The third kappa shape index (κ3) is 1.65. The highest BCUT2D eigenvalue weighted by Gasteiger charge is 2.07. The van der Waals surface area contributed by atoms with E-state index < -0.39 is 0 Å². The topological polar surface area (TPSA) is 26.0 Å². The Labute approximate surface area is 107 Å². The van der Waals surface area contributed by atoms with E-state index in [-0.39, 0.29) is 0 Å². The predicted molar refractivity (Wildman–Crippen MR) is 78.5 cm³/mol. The molecule has 0 saturated heterocycles. The molecule has 18 heavy (non-hydrogen) atoms. The van der Waals surface area contributed by atoms with Gasteiger partial charge in [-0.15, -0.1) is 0 Å². The Morgan fingerprint density at radius 2 is 1.56 bits per heavy atom. The molecular formula is C17H15N. The quantitative estimate of drug-likeness (QED) is 0.619. The molecule has 0 aromatic heterocycles. The van der Waals surface area contributed by atoms with Crippen molar-refractivity contribution in [1.29, 1.82) is 0 Å². The lowest BCUT2D eigenvalue weighted by Crippen LogP contribution is -1.91. The first kappa shape index (κ1) is 10.8. The van der Waals surface area contributed by atoms with Crippen LogP contribution in [-0.2, 0) is 0 Å². The number of anilines is 1. The first-order chi connectivity index (χ1) is 8.77. The predicted octanol–water partition coefficient (Wildman–Crippen LogP) is 4.40. The zero-order valence-corrected chi connectivity index (χ0v) is 10.4. The van der Waals surface area contributed by atoms with Gasteiger partial charge in [0, 0.05) is 11.1 Å². The number of nitrogen functional groups attached to an aromatic ring is 1. The molecule has 0 saturated carbocycles. The van der Waals surface area contributed by atoms with Crippen molar-refractivity contribution in [3.63, 3.8) is 0 Å². The van der Waals surface area contributed by atoms with Crippen molar-refractivity contribution < 1.29 is 0 Å². The van der Waals surface area contributed by atoms with Crippen LogP contribution in [-0.4, -0.2) is 0 Å². The molecule has 1 heteroatoms. The summed E-state index contributed by atoms with van der Waals surface area (Å²) < 4.78 is 0. The zero-order valence-electron chi connectivity index (χ0n) is 10.4.